The molecule has 0 radical (unpaired) electrons. The Morgan fingerprint density at radius 3 is 2.61 bits per heavy atom. The summed E-state index contributed by atoms with van der Waals surface area (Å²) in [7, 11) is -1.57. The van der Waals surface area contributed by atoms with Crippen molar-refractivity contribution in [2.45, 2.75) is 33.1 Å². The number of hydrogen-bond donors (Lipinski definition) is 0. The molecule has 18 heavy (non-hydrogen) atoms. The van der Waals surface area contributed by atoms with Crippen LogP contribution in [-0.2, 0) is 16.1 Å². The first-order chi connectivity index (χ1) is 8.43. The lowest BCUT2D eigenvalue weighted by Crippen LogP contribution is -2.48. The van der Waals surface area contributed by atoms with Crippen LogP contribution in [-0.4, -0.2) is 36.9 Å². The molecule has 0 aliphatic rings. The minimum Gasteiger partial charge on any atom is -0.465 e. The summed E-state index contributed by atoms with van der Waals surface area (Å²) in [5, 5.41) is 0. The Kier molecular flexibility index (Phi) is 5.49. The summed E-state index contributed by atoms with van der Waals surface area (Å²) in [5.41, 5.74) is 0.990. The second kappa shape index (κ2) is 6.66. The molecule has 0 aliphatic carbocycles. The van der Waals surface area contributed by atoms with E-state index in [4.69, 9.17) is 4.74 Å². The molecule has 4 nitrogen and oxygen atoms in total. The Morgan fingerprint density at radius 1 is 1.39 bits per heavy atom. The highest BCUT2D eigenvalue weighted by Gasteiger charge is 2.26. The molecule has 0 saturated heterocycles. The second-order valence-electron chi connectivity index (χ2n) is 5.15. The van der Waals surface area contributed by atoms with Crippen LogP contribution in [0.25, 0.3) is 0 Å². The fourth-order valence-electron chi connectivity index (χ4n) is 1.58. The van der Waals surface area contributed by atoms with Crippen LogP contribution in [0, 0.1) is 0 Å². The number of aromatic nitrogens is 1. The maximum absolute atomic E-state index is 11.6. The molecular formula is C13H22N2O2Si. The average molecular weight is 266 g/mol. The molecule has 0 unspecified atom stereocenters. The smallest absolute Gasteiger partial charge is 0.319 e. The van der Waals surface area contributed by atoms with Crippen molar-refractivity contribution in [3.05, 3.63) is 30.1 Å². The predicted molar refractivity (Wildman–Crippen MR) is 74.6 cm³/mol. The molecular weight excluding hydrogens is 244 g/mol. The van der Waals surface area contributed by atoms with Crippen LogP contribution in [0.4, 0.5) is 0 Å². The maximum atomic E-state index is 11.6. The van der Waals surface area contributed by atoms with Crippen molar-refractivity contribution in [2.24, 2.45) is 0 Å². The molecule has 0 aliphatic heterocycles. The summed E-state index contributed by atoms with van der Waals surface area (Å²) in [6.45, 7) is 9.96. The molecule has 1 aromatic heterocycles. The van der Waals surface area contributed by atoms with E-state index in [9.17, 15) is 4.79 Å². The fraction of sp³-hybridized carbons (Fsp3) is 0.538. The van der Waals surface area contributed by atoms with Crippen molar-refractivity contribution in [2.75, 3.05) is 13.2 Å². The molecule has 1 aromatic rings. The lowest BCUT2D eigenvalue weighted by Gasteiger charge is -2.32. The van der Waals surface area contributed by atoms with Gasteiger partial charge in [0.15, 0.2) is 0 Å². The van der Waals surface area contributed by atoms with E-state index in [1.807, 2.05) is 25.1 Å². The van der Waals surface area contributed by atoms with Gasteiger partial charge in [0, 0.05) is 12.7 Å². The van der Waals surface area contributed by atoms with Crippen molar-refractivity contribution < 1.29 is 9.53 Å². The van der Waals surface area contributed by atoms with Crippen LogP contribution < -0.4 is 0 Å². The van der Waals surface area contributed by atoms with Gasteiger partial charge >= 0.3 is 5.97 Å². The molecule has 0 bridgehead atoms. The summed E-state index contributed by atoms with van der Waals surface area (Å²) in [4.78, 5) is 15.9. The third kappa shape index (κ3) is 4.97. The third-order valence-electron chi connectivity index (χ3n) is 2.65. The summed E-state index contributed by atoms with van der Waals surface area (Å²) in [6.07, 6.45) is 1.78. The molecule has 1 rings (SSSR count). The molecule has 0 amide bonds. The van der Waals surface area contributed by atoms with Crippen LogP contribution >= 0.6 is 0 Å². The van der Waals surface area contributed by atoms with E-state index >= 15 is 0 Å². The standard InChI is InChI=1S/C13H22N2O2Si/c1-5-17-13(16)11-15(18(2,3)4)10-12-8-6-7-9-14-12/h6-9H,5,10-11H2,1-4H3. The van der Waals surface area contributed by atoms with Gasteiger partial charge in [0.1, 0.15) is 8.24 Å². The first-order valence-corrected chi connectivity index (χ1v) is 9.68. The minimum atomic E-state index is -1.57. The Balaban J connectivity index is 2.71. The maximum Gasteiger partial charge on any atom is 0.319 e. The van der Waals surface area contributed by atoms with Crippen molar-refractivity contribution in [3.8, 4) is 0 Å². The number of esters is 1. The van der Waals surface area contributed by atoms with Gasteiger partial charge in [-0.1, -0.05) is 25.7 Å². The molecule has 0 spiro atoms. The lowest BCUT2D eigenvalue weighted by molar-refractivity contribution is -0.143. The molecule has 100 valence electrons. The van der Waals surface area contributed by atoms with Gasteiger partial charge in [-0.05, 0) is 19.1 Å². The highest BCUT2D eigenvalue weighted by atomic mass is 28.3. The average Bonchev–Trinajstić information content (AvgIpc) is 2.28. The summed E-state index contributed by atoms with van der Waals surface area (Å²) in [6, 6.07) is 5.85. The Hall–Kier alpha value is -1.20. The quantitative estimate of drug-likeness (QED) is 0.585. The van der Waals surface area contributed by atoms with Gasteiger partial charge in [0.2, 0.25) is 0 Å². The fourth-order valence-corrected chi connectivity index (χ4v) is 2.82. The summed E-state index contributed by atoms with van der Waals surface area (Å²) >= 11 is 0. The summed E-state index contributed by atoms with van der Waals surface area (Å²) < 4.78 is 7.23. The molecule has 1 heterocycles. The van der Waals surface area contributed by atoms with Crippen LogP contribution in [0.5, 0.6) is 0 Å². The topological polar surface area (TPSA) is 42.4 Å². The third-order valence-corrected chi connectivity index (χ3v) is 4.87. The lowest BCUT2D eigenvalue weighted by atomic mass is 10.3. The molecule has 0 aromatic carbocycles. The molecule has 0 fully saturated rings. The van der Waals surface area contributed by atoms with Gasteiger partial charge in [-0.25, -0.2) is 0 Å². The van der Waals surface area contributed by atoms with E-state index in [1.54, 1.807) is 6.20 Å². The van der Waals surface area contributed by atoms with Crippen LogP contribution in [0.1, 0.15) is 12.6 Å². The van der Waals surface area contributed by atoms with E-state index in [0.29, 0.717) is 19.7 Å². The van der Waals surface area contributed by atoms with E-state index < -0.39 is 8.24 Å². The Morgan fingerprint density at radius 2 is 2.11 bits per heavy atom. The number of carbonyl (C=O) groups is 1. The zero-order chi connectivity index (χ0) is 13.6. The largest absolute Gasteiger partial charge is 0.465 e. The van der Waals surface area contributed by atoms with Gasteiger partial charge in [-0.2, -0.15) is 0 Å². The first kappa shape index (κ1) is 14.9. The van der Waals surface area contributed by atoms with Crippen LogP contribution in [0.15, 0.2) is 24.4 Å². The normalized spacial score (nSPS) is 11.6. The number of pyridine rings is 1. The summed E-state index contributed by atoms with van der Waals surface area (Å²) in [5.74, 6) is -0.157. The molecule has 0 atom stereocenters. The Bertz CT molecular complexity index is 376. The number of hydrogen-bond acceptors (Lipinski definition) is 4. The minimum absolute atomic E-state index is 0.157. The van der Waals surface area contributed by atoms with Gasteiger partial charge in [0.25, 0.3) is 0 Å². The highest BCUT2D eigenvalue weighted by Crippen LogP contribution is 2.13. The SMILES string of the molecule is CCOC(=O)CN(Cc1ccccn1)[Si](C)(C)C. The van der Waals surface area contributed by atoms with E-state index in [1.165, 1.54) is 0 Å². The van der Waals surface area contributed by atoms with E-state index in [2.05, 4.69) is 29.2 Å². The van der Waals surface area contributed by atoms with Gasteiger partial charge < -0.3 is 9.30 Å². The monoisotopic (exact) mass is 266 g/mol. The van der Waals surface area contributed by atoms with Crippen molar-refractivity contribution in [3.63, 3.8) is 0 Å². The van der Waals surface area contributed by atoms with Crippen molar-refractivity contribution in [1.29, 1.82) is 0 Å². The predicted octanol–water partition coefficient (Wildman–Crippen LogP) is 2.28. The highest BCUT2D eigenvalue weighted by molar-refractivity contribution is 6.73. The van der Waals surface area contributed by atoms with Crippen LogP contribution in [0.2, 0.25) is 19.6 Å². The number of carbonyl (C=O) groups excluding carboxylic acids is 1. The number of ether oxygens (including phenoxy) is 1. The number of nitrogens with zero attached hydrogens (tertiary/aromatic N) is 2. The van der Waals surface area contributed by atoms with Gasteiger partial charge in [-0.3, -0.25) is 9.78 Å². The van der Waals surface area contributed by atoms with Gasteiger partial charge in [-0.15, -0.1) is 0 Å². The Labute approximate surface area is 110 Å². The number of rotatable bonds is 6. The van der Waals surface area contributed by atoms with Crippen molar-refractivity contribution in [1.82, 2.24) is 9.55 Å². The van der Waals surface area contributed by atoms with Gasteiger partial charge in [0.05, 0.1) is 18.8 Å². The zero-order valence-electron chi connectivity index (χ0n) is 11.6. The molecule has 0 saturated carbocycles. The molecule has 0 N–H and O–H groups in total. The zero-order valence-corrected chi connectivity index (χ0v) is 12.6. The molecule has 5 heteroatoms. The second-order valence-corrected chi connectivity index (χ2v) is 10.1. The van der Waals surface area contributed by atoms with E-state index in [0.717, 1.165) is 5.69 Å². The first-order valence-electron chi connectivity index (χ1n) is 6.24. The van der Waals surface area contributed by atoms with Crippen LogP contribution in [0.3, 0.4) is 0 Å². The van der Waals surface area contributed by atoms with E-state index in [-0.39, 0.29) is 5.97 Å². The van der Waals surface area contributed by atoms with Crippen molar-refractivity contribution >= 4 is 14.2 Å².